The minimum atomic E-state index is -9.60. The van der Waals surface area contributed by atoms with Gasteiger partial charge in [0.1, 0.15) is 0 Å². The Labute approximate surface area is 134 Å². The van der Waals surface area contributed by atoms with Gasteiger partial charge in [-0.2, -0.15) is 0 Å². The molecule has 2 aromatic carbocycles. The second-order valence-corrected chi connectivity index (χ2v) is 7.16. The summed E-state index contributed by atoms with van der Waals surface area (Å²) in [4.78, 5) is 0. The summed E-state index contributed by atoms with van der Waals surface area (Å²) in [6.45, 7) is 0. The molecule has 0 nitrogen and oxygen atoms in total. The van der Waals surface area contributed by atoms with E-state index in [-0.39, 0.29) is 0 Å². The van der Waals surface area contributed by atoms with Gasteiger partial charge in [0.25, 0.3) is 0 Å². The van der Waals surface area contributed by atoms with Crippen molar-refractivity contribution in [2.45, 2.75) is 0 Å². The summed E-state index contributed by atoms with van der Waals surface area (Å²) in [6.07, 6.45) is 0. The van der Waals surface area contributed by atoms with E-state index in [0.717, 1.165) is 0 Å². The van der Waals surface area contributed by atoms with Crippen LogP contribution < -0.4 is 10.6 Å². The summed E-state index contributed by atoms with van der Waals surface area (Å²) in [5.74, 6) is -32.7. The van der Waals surface area contributed by atoms with Crippen molar-refractivity contribution in [3.05, 3.63) is 58.2 Å². The maximum absolute atomic E-state index is 14.2. The molecule has 0 heterocycles. The van der Waals surface area contributed by atoms with Gasteiger partial charge in [-0.3, -0.25) is 0 Å². The van der Waals surface area contributed by atoms with Crippen molar-refractivity contribution in [2.24, 2.45) is 0 Å². The van der Waals surface area contributed by atoms with Crippen LogP contribution in [0, 0.1) is 58.2 Å². The first-order valence-corrected chi connectivity index (χ1v) is 7.75. The predicted molar refractivity (Wildman–Crippen MR) is 62.0 cm³/mol. The first-order valence-electron chi connectivity index (χ1n) is 5.84. The van der Waals surface area contributed by atoms with Crippen LogP contribution in [0.4, 0.5) is 56.5 Å². The summed E-state index contributed by atoms with van der Waals surface area (Å²) in [5, 5.41) is -7.26. The molecule has 0 aliphatic rings. The fourth-order valence-electron chi connectivity index (χ4n) is 1.94. The van der Waals surface area contributed by atoms with Gasteiger partial charge in [-0.05, 0) is 0 Å². The predicted octanol–water partition coefficient (Wildman–Crippen LogP) is 5.24. The number of hydrogen-bond donors (Lipinski definition) is 0. The molecule has 0 amide bonds. The normalized spacial score (nSPS) is 13.7. The molecule has 26 heavy (non-hydrogen) atoms. The van der Waals surface area contributed by atoms with Crippen LogP contribution in [0.1, 0.15) is 0 Å². The Morgan fingerprint density at radius 3 is 0.654 bits per heavy atom. The molecule has 0 bridgehead atoms. The van der Waals surface area contributed by atoms with Crippen LogP contribution in [0.15, 0.2) is 0 Å². The van der Waals surface area contributed by atoms with Gasteiger partial charge in [0.2, 0.25) is 0 Å². The third kappa shape index (κ3) is 2.51. The molecule has 144 valence electrons. The second-order valence-electron chi connectivity index (χ2n) is 4.65. The molecule has 0 saturated carbocycles. The molecule has 0 N–H and O–H groups in total. The third-order valence-corrected chi connectivity index (χ3v) is 5.35. The van der Waals surface area contributed by atoms with E-state index in [1.54, 1.807) is 0 Å². The van der Waals surface area contributed by atoms with Gasteiger partial charge in [0, 0.05) is 0 Å². The van der Waals surface area contributed by atoms with E-state index in [1.807, 2.05) is 0 Å². The monoisotopic (exact) mass is 422 g/mol. The minimum absolute atomic E-state index is 3.02. The van der Waals surface area contributed by atoms with E-state index >= 15 is 0 Å². The maximum atomic E-state index is 14.2. The second kappa shape index (κ2) is 5.73. The van der Waals surface area contributed by atoms with Gasteiger partial charge < -0.3 is 0 Å². The molecule has 0 unspecified atom stereocenters. The van der Waals surface area contributed by atoms with Gasteiger partial charge >= 0.3 is 133 Å². The zero-order valence-corrected chi connectivity index (χ0v) is 12.3. The molecule has 2 aromatic rings. The molecule has 2 rings (SSSR count). The van der Waals surface area contributed by atoms with Crippen molar-refractivity contribution in [3.63, 3.8) is 0 Å². The molecule has 0 saturated heterocycles. The molecular formula is C12F13P. The van der Waals surface area contributed by atoms with Crippen molar-refractivity contribution in [2.75, 3.05) is 0 Å². The first-order chi connectivity index (χ1) is 11.6. The standard InChI is InChI=1S/C12F13P/c13-1-3(15)7(19)11(8(20)4(1)16)26(23,24,25)12-9(21)5(17)2(14)6(18)10(12)22. The van der Waals surface area contributed by atoms with E-state index in [0.29, 0.717) is 0 Å². The Kier molecular flexibility index (Phi) is 4.47. The van der Waals surface area contributed by atoms with Crippen LogP contribution in [-0.4, -0.2) is 0 Å². The van der Waals surface area contributed by atoms with Crippen molar-refractivity contribution < 1.29 is 56.5 Å². The van der Waals surface area contributed by atoms with Gasteiger partial charge in [0.15, 0.2) is 0 Å². The van der Waals surface area contributed by atoms with Gasteiger partial charge in [-0.25, -0.2) is 0 Å². The quantitative estimate of drug-likeness (QED) is 0.269. The Balaban J connectivity index is 3.10. The number of rotatable bonds is 2. The summed E-state index contributed by atoms with van der Waals surface area (Å²) in [7, 11) is -9.60. The fourth-order valence-corrected chi connectivity index (χ4v) is 3.84. The molecule has 0 aliphatic heterocycles. The van der Waals surface area contributed by atoms with E-state index in [2.05, 4.69) is 0 Å². The zero-order chi connectivity index (χ0) is 20.4. The Morgan fingerprint density at radius 2 is 0.462 bits per heavy atom. The van der Waals surface area contributed by atoms with E-state index in [9.17, 15) is 56.5 Å². The van der Waals surface area contributed by atoms with Crippen LogP contribution in [-0.2, 0) is 0 Å². The van der Waals surface area contributed by atoms with Crippen molar-refractivity contribution in [1.29, 1.82) is 0 Å². The van der Waals surface area contributed by atoms with E-state index in [4.69, 9.17) is 0 Å². The van der Waals surface area contributed by atoms with Crippen LogP contribution in [0.3, 0.4) is 0 Å². The Hall–Kier alpha value is -2.04. The summed E-state index contributed by atoms with van der Waals surface area (Å²) in [5.41, 5.74) is 0. The van der Waals surface area contributed by atoms with Crippen LogP contribution in [0.25, 0.3) is 0 Å². The van der Waals surface area contributed by atoms with Crippen LogP contribution in [0.5, 0.6) is 0 Å². The Morgan fingerprint density at radius 1 is 0.308 bits per heavy atom. The zero-order valence-electron chi connectivity index (χ0n) is 11.4. The summed E-state index contributed by atoms with van der Waals surface area (Å²) < 4.78 is 174. The van der Waals surface area contributed by atoms with E-state index < -0.39 is 76.3 Å². The molecule has 0 spiro atoms. The number of hydrogen-bond acceptors (Lipinski definition) is 0. The van der Waals surface area contributed by atoms with Crippen molar-refractivity contribution in [3.8, 4) is 0 Å². The molecule has 0 atom stereocenters. The molecular weight excluding hydrogens is 422 g/mol. The van der Waals surface area contributed by atoms with Crippen LogP contribution >= 0.6 is 7.54 Å². The average molecular weight is 422 g/mol. The van der Waals surface area contributed by atoms with Crippen LogP contribution in [0.2, 0.25) is 0 Å². The summed E-state index contributed by atoms with van der Waals surface area (Å²) in [6, 6.07) is 0. The van der Waals surface area contributed by atoms with Gasteiger partial charge in [-0.15, -0.1) is 0 Å². The summed E-state index contributed by atoms with van der Waals surface area (Å²) >= 11 is 0. The number of benzene rings is 2. The van der Waals surface area contributed by atoms with Crippen molar-refractivity contribution in [1.82, 2.24) is 0 Å². The first kappa shape index (κ1) is 20.3. The van der Waals surface area contributed by atoms with Gasteiger partial charge in [-0.1, -0.05) is 0 Å². The van der Waals surface area contributed by atoms with Gasteiger partial charge in [0.05, 0.1) is 0 Å². The van der Waals surface area contributed by atoms with E-state index in [1.165, 1.54) is 0 Å². The third-order valence-electron chi connectivity index (χ3n) is 3.10. The molecule has 0 fully saturated rings. The topological polar surface area (TPSA) is 0 Å². The fraction of sp³-hybridized carbons (Fsp3) is 0. The molecule has 0 radical (unpaired) electrons. The number of halogens is 13. The molecule has 14 heteroatoms. The molecule has 0 aliphatic carbocycles. The average Bonchev–Trinajstić information content (AvgIpc) is 2.53. The Bertz CT molecular complexity index is 811. The SMILES string of the molecule is Fc1c(F)c(F)c(P(F)(F)(F)c2c(F)c(F)c(F)c(F)c2F)c(F)c1F. The molecule has 0 aromatic heterocycles. The van der Waals surface area contributed by atoms with Crippen molar-refractivity contribution >= 4 is 18.1 Å².